The quantitative estimate of drug-likeness (QED) is 0.703. The van der Waals surface area contributed by atoms with Crippen LogP contribution in [0.3, 0.4) is 0 Å². The molecule has 0 aliphatic heterocycles. The van der Waals surface area contributed by atoms with Crippen molar-refractivity contribution in [1.82, 2.24) is 20.6 Å². The number of rotatable bonds is 3. The first-order chi connectivity index (χ1) is 7.66. The average Bonchev–Trinajstić information content (AvgIpc) is 2.74. The van der Waals surface area contributed by atoms with Crippen molar-refractivity contribution in [2.24, 2.45) is 0 Å². The van der Waals surface area contributed by atoms with Crippen molar-refractivity contribution in [2.75, 3.05) is 11.1 Å². The maximum absolute atomic E-state index is 13.1. The summed E-state index contributed by atoms with van der Waals surface area (Å²) in [6, 6.07) is 2.56. The largest absolute Gasteiger partial charge is 0.397 e. The average molecular weight is 243 g/mol. The number of hydrogen-bond donors (Lipinski definition) is 3. The lowest BCUT2D eigenvalue weighted by Gasteiger charge is -2.08. The van der Waals surface area contributed by atoms with Crippen molar-refractivity contribution < 1.29 is 4.39 Å². The van der Waals surface area contributed by atoms with Crippen LogP contribution in [0.2, 0.25) is 5.02 Å². The third kappa shape index (κ3) is 2.19. The van der Waals surface area contributed by atoms with Crippen LogP contribution in [-0.4, -0.2) is 20.6 Å². The Morgan fingerprint density at radius 2 is 2.31 bits per heavy atom. The highest BCUT2D eigenvalue weighted by Gasteiger charge is 2.06. The van der Waals surface area contributed by atoms with Gasteiger partial charge in [0.15, 0.2) is 5.82 Å². The molecule has 2 rings (SSSR count). The molecule has 84 valence electrons. The summed E-state index contributed by atoms with van der Waals surface area (Å²) in [7, 11) is 0. The minimum Gasteiger partial charge on any atom is -0.397 e. The van der Waals surface area contributed by atoms with Crippen molar-refractivity contribution in [3.05, 3.63) is 28.8 Å². The third-order valence-corrected chi connectivity index (χ3v) is 2.21. The lowest BCUT2D eigenvalue weighted by Crippen LogP contribution is -2.04. The van der Waals surface area contributed by atoms with E-state index in [0.29, 0.717) is 23.7 Å². The fourth-order valence-electron chi connectivity index (χ4n) is 1.15. The maximum Gasteiger partial charge on any atom is 0.193 e. The number of halogens is 2. The Bertz CT molecular complexity index is 486. The van der Waals surface area contributed by atoms with Gasteiger partial charge >= 0.3 is 0 Å². The third-order valence-electron chi connectivity index (χ3n) is 1.92. The van der Waals surface area contributed by atoms with Gasteiger partial charge in [-0.2, -0.15) is 5.21 Å². The lowest BCUT2D eigenvalue weighted by atomic mass is 10.2. The number of anilines is 2. The summed E-state index contributed by atoms with van der Waals surface area (Å²) in [5.41, 5.74) is 6.45. The smallest absolute Gasteiger partial charge is 0.193 e. The van der Waals surface area contributed by atoms with E-state index < -0.39 is 5.82 Å². The summed E-state index contributed by atoms with van der Waals surface area (Å²) in [6.07, 6.45) is 0. The van der Waals surface area contributed by atoms with E-state index >= 15 is 0 Å². The number of aromatic amines is 1. The van der Waals surface area contributed by atoms with Gasteiger partial charge in [-0.05, 0) is 6.07 Å². The van der Waals surface area contributed by atoms with Gasteiger partial charge in [0.25, 0.3) is 0 Å². The molecule has 8 heteroatoms. The van der Waals surface area contributed by atoms with Crippen LogP contribution in [0.15, 0.2) is 12.1 Å². The van der Waals surface area contributed by atoms with Crippen LogP contribution in [0.5, 0.6) is 0 Å². The maximum atomic E-state index is 13.1. The Morgan fingerprint density at radius 1 is 1.50 bits per heavy atom. The molecule has 0 spiro atoms. The van der Waals surface area contributed by atoms with Crippen molar-refractivity contribution >= 4 is 23.0 Å². The van der Waals surface area contributed by atoms with Crippen LogP contribution >= 0.6 is 11.6 Å². The van der Waals surface area contributed by atoms with E-state index in [4.69, 9.17) is 17.3 Å². The molecule has 1 aromatic carbocycles. The van der Waals surface area contributed by atoms with Gasteiger partial charge in [0.1, 0.15) is 5.82 Å². The Balaban J connectivity index is 2.12. The second-order valence-electron chi connectivity index (χ2n) is 3.04. The molecule has 4 N–H and O–H groups in total. The molecule has 0 aliphatic carbocycles. The van der Waals surface area contributed by atoms with E-state index in [0.717, 1.165) is 0 Å². The summed E-state index contributed by atoms with van der Waals surface area (Å²) >= 11 is 5.56. The van der Waals surface area contributed by atoms with E-state index in [9.17, 15) is 4.39 Å². The second-order valence-corrected chi connectivity index (χ2v) is 3.44. The number of benzene rings is 1. The molecule has 0 radical (unpaired) electrons. The van der Waals surface area contributed by atoms with Crippen LogP contribution in [0.4, 0.5) is 15.8 Å². The van der Waals surface area contributed by atoms with E-state index in [2.05, 4.69) is 25.9 Å². The van der Waals surface area contributed by atoms with Gasteiger partial charge in [-0.15, -0.1) is 10.2 Å². The number of tetrazole rings is 1. The first-order valence-corrected chi connectivity index (χ1v) is 4.75. The number of nitrogens with two attached hydrogens (primary N) is 1. The summed E-state index contributed by atoms with van der Waals surface area (Å²) in [5.74, 6) is -0.0822. The van der Waals surface area contributed by atoms with Crippen LogP contribution < -0.4 is 11.1 Å². The Hall–Kier alpha value is -1.89. The lowest BCUT2D eigenvalue weighted by molar-refractivity contribution is 0.629. The minimum atomic E-state index is -0.536. The molecule has 16 heavy (non-hydrogen) atoms. The SMILES string of the molecule is Nc1cc(Cl)c(F)cc1NCc1nn[nH]n1. The summed E-state index contributed by atoms with van der Waals surface area (Å²) in [5, 5.41) is 16.0. The number of H-pyrrole nitrogens is 1. The van der Waals surface area contributed by atoms with Gasteiger partial charge in [-0.1, -0.05) is 16.8 Å². The first kappa shape index (κ1) is 10.6. The van der Waals surface area contributed by atoms with Crippen LogP contribution in [0.25, 0.3) is 0 Å². The summed E-state index contributed by atoms with van der Waals surface area (Å²) < 4.78 is 13.1. The fourth-order valence-corrected chi connectivity index (χ4v) is 1.32. The molecule has 1 aromatic heterocycles. The van der Waals surface area contributed by atoms with Gasteiger partial charge < -0.3 is 11.1 Å². The highest BCUT2D eigenvalue weighted by molar-refractivity contribution is 6.31. The Morgan fingerprint density at radius 3 is 3.00 bits per heavy atom. The monoisotopic (exact) mass is 242 g/mol. The zero-order chi connectivity index (χ0) is 11.5. The molecule has 0 saturated carbocycles. The molecule has 2 aromatic rings. The molecule has 0 atom stereocenters. The zero-order valence-corrected chi connectivity index (χ0v) is 8.79. The molecular formula is C8H8ClFN6. The molecule has 0 unspecified atom stereocenters. The van der Waals surface area contributed by atoms with Crippen molar-refractivity contribution in [2.45, 2.75) is 6.54 Å². The van der Waals surface area contributed by atoms with E-state index in [1.807, 2.05) is 0 Å². The fraction of sp³-hybridized carbons (Fsp3) is 0.125. The molecule has 0 bridgehead atoms. The van der Waals surface area contributed by atoms with E-state index in [-0.39, 0.29) is 5.02 Å². The van der Waals surface area contributed by atoms with Crippen molar-refractivity contribution in [3.8, 4) is 0 Å². The standard InChI is InChI=1S/C8H8ClFN6/c9-4-1-6(11)7(2-5(4)10)12-3-8-13-15-16-14-8/h1-2,12H,3,11H2,(H,13,14,15,16). The van der Waals surface area contributed by atoms with Crippen LogP contribution in [0, 0.1) is 5.82 Å². The number of nitrogen functional groups attached to an aromatic ring is 1. The first-order valence-electron chi connectivity index (χ1n) is 4.37. The van der Waals surface area contributed by atoms with Crippen molar-refractivity contribution in [3.63, 3.8) is 0 Å². The molecule has 6 nitrogen and oxygen atoms in total. The molecule has 1 heterocycles. The van der Waals surface area contributed by atoms with Gasteiger partial charge in [0, 0.05) is 6.07 Å². The summed E-state index contributed by atoms with van der Waals surface area (Å²) in [4.78, 5) is 0. The van der Waals surface area contributed by atoms with Gasteiger partial charge in [-0.3, -0.25) is 0 Å². The van der Waals surface area contributed by atoms with E-state index in [1.165, 1.54) is 12.1 Å². The highest BCUT2D eigenvalue weighted by Crippen LogP contribution is 2.26. The number of nitrogens with one attached hydrogen (secondary N) is 2. The molecule has 0 fully saturated rings. The van der Waals surface area contributed by atoms with Gasteiger partial charge in [-0.25, -0.2) is 4.39 Å². The normalized spacial score (nSPS) is 10.4. The predicted molar refractivity (Wildman–Crippen MR) is 57.3 cm³/mol. The highest BCUT2D eigenvalue weighted by atomic mass is 35.5. The number of nitrogens with zero attached hydrogens (tertiary/aromatic N) is 3. The van der Waals surface area contributed by atoms with Gasteiger partial charge in [0.05, 0.1) is 22.9 Å². The van der Waals surface area contributed by atoms with Gasteiger partial charge in [0.2, 0.25) is 0 Å². The van der Waals surface area contributed by atoms with Crippen LogP contribution in [-0.2, 0) is 6.54 Å². The second kappa shape index (κ2) is 4.31. The molecule has 0 saturated heterocycles. The molecular weight excluding hydrogens is 235 g/mol. The van der Waals surface area contributed by atoms with Crippen molar-refractivity contribution in [1.29, 1.82) is 0 Å². The molecule has 0 aliphatic rings. The minimum absolute atomic E-state index is 0.0115. The van der Waals surface area contributed by atoms with Crippen LogP contribution in [0.1, 0.15) is 5.82 Å². The van der Waals surface area contributed by atoms with E-state index in [1.54, 1.807) is 0 Å². The molecule has 0 amide bonds. The summed E-state index contributed by atoms with van der Waals surface area (Å²) in [6.45, 7) is 0.293. The number of hydrogen-bond acceptors (Lipinski definition) is 5. The Kier molecular flexibility index (Phi) is 2.86. The topological polar surface area (TPSA) is 92.5 Å². The number of aromatic nitrogens is 4. The predicted octanol–water partition coefficient (Wildman–Crippen LogP) is 1.19. The Labute approximate surface area is 95.0 Å². The zero-order valence-electron chi connectivity index (χ0n) is 8.04.